The third-order valence-electron chi connectivity index (χ3n) is 3.29. The number of hydrogen-bond donors (Lipinski definition) is 1. The maximum absolute atomic E-state index is 6.04. The second kappa shape index (κ2) is 6.41. The van der Waals surface area contributed by atoms with Crippen LogP contribution in [0.15, 0.2) is 22.7 Å². The molecule has 1 aromatic carbocycles. The Morgan fingerprint density at radius 1 is 1.24 bits per heavy atom. The van der Waals surface area contributed by atoms with E-state index in [0.29, 0.717) is 12.6 Å². The fraction of sp³-hybridized carbons (Fsp3) is 0.571. The first kappa shape index (κ1) is 12.9. The molecule has 0 spiro atoms. The molecule has 2 rings (SSSR count). The van der Waals surface area contributed by atoms with Crippen LogP contribution in [0.3, 0.4) is 0 Å². The second-order valence-electron chi connectivity index (χ2n) is 4.67. The molecule has 1 fully saturated rings. The van der Waals surface area contributed by atoms with Crippen molar-refractivity contribution in [2.75, 3.05) is 6.54 Å². The van der Waals surface area contributed by atoms with E-state index in [0.717, 1.165) is 16.6 Å². The van der Waals surface area contributed by atoms with Crippen molar-refractivity contribution in [2.45, 2.75) is 44.6 Å². The van der Waals surface area contributed by atoms with Gasteiger partial charge in [-0.2, -0.15) is 0 Å². The van der Waals surface area contributed by atoms with Crippen LogP contribution >= 0.6 is 15.9 Å². The minimum atomic E-state index is 0.413. The predicted octanol–water partition coefficient (Wildman–Crippen LogP) is 3.66. The van der Waals surface area contributed by atoms with Crippen LogP contribution in [-0.2, 0) is 6.42 Å². The molecular weight excluding hydrogens is 278 g/mol. The van der Waals surface area contributed by atoms with Crippen LogP contribution in [-0.4, -0.2) is 12.6 Å². The number of benzene rings is 1. The van der Waals surface area contributed by atoms with Crippen LogP contribution in [0.1, 0.15) is 37.7 Å². The van der Waals surface area contributed by atoms with Gasteiger partial charge in [-0.25, -0.2) is 0 Å². The van der Waals surface area contributed by atoms with Gasteiger partial charge in [-0.3, -0.25) is 0 Å². The van der Waals surface area contributed by atoms with E-state index in [9.17, 15) is 0 Å². The van der Waals surface area contributed by atoms with E-state index in [4.69, 9.17) is 10.5 Å². The Labute approximate surface area is 112 Å². The van der Waals surface area contributed by atoms with Crippen LogP contribution in [0, 0.1) is 0 Å². The number of rotatable bonds is 4. The molecule has 17 heavy (non-hydrogen) atoms. The van der Waals surface area contributed by atoms with Crippen molar-refractivity contribution in [2.24, 2.45) is 5.73 Å². The van der Waals surface area contributed by atoms with Gasteiger partial charge in [0.25, 0.3) is 0 Å². The molecule has 0 heterocycles. The maximum Gasteiger partial charge on any atom is 0.120 e. The normalized spacial score (nSPS) is 17.1. The van der Waals surface area contributed by atoms with Gasteiger partial charge in [-0.05, 0) is 62.4 Å². The Bertz CT molecular complexity index is 361. The monoisotopic (exact) mass is 297 g/mol. The van der Waals surface area contributed by atoms with Gasteiger partial charge in [0.15, 0.2) is 0 Å². The van der Waals surface area contributed by atoms with Gasteiger partial charge in [0.1, 0.15) is 5.75 Å². The summed E-state index contributed by atoms with van der Waals surface area (Å²) in [5.74, 6) is 0.989. The fourth-order valence-electron chi connectivity index (χ4n) is 2.35. The molecule has 1 aromatic rings. The third-order valence-corrected chi connectivity index (χ3v) is 4.06. The first-order chi connectivity index (χ1) is 8.29. The summed E-state index contributed by atoms with van der Waals surface area (Å²) in [6.45, 7) is 0.672. The summed E-state index contributed by atoms with van der Waals surface area (Å²) in [6.07, 6.45) is 7.66. The zero-order chi connectivity index (χ0) is 12.1. The third kappa shape index (κ3) is 3.71. The molecule has 3 heteroatoms. The summed E-state index contributed by atoms with van der Waals surface area (Å²) in [5.41, 5.74) is 6.84. The van der Waals surface area contributed by atoms with Crippen LogP contribution in [0.25, 0.3) is 0 Å². The molecule has 0 aliphatic heterocycles. The average Bonchev–Trinajstić information content (AvgIpc) is 2.35. The molecule has 1 aliphatic rings. The van der Waals surface area contributed by atoms with E-state index < -0.39 is 0 Å². The summed E-state index contributed by atoms with van der Waals surface area (Å²) in [4.78, 5) is 0. The molecule has 1 saturated carbocycles. The molecule has 0 amide bonds. The molecule has 1 aliphatic carbocycles. The maximum atomic E-state index is 6.04. The van der Waals surface area contributed by atoms with Crippen LogP contribution < -0.4 is 10.5 Å². The zero-order valence-corrected chi connectivity index (χ0v) is 11.7. The molecule has 2 nitrogen and oxygen atoms in total. The molecule has 0 atom stereocenters. The molecule has 0 saturated heterocycles. The van der Waals surface area contributed by atoms with Crippen molar-refractivity contribution in [1.82, 2.24) is 0 Å². The largest absolute Gasteiger partial charge is 0.490 e. The van der Waals surface area contributed by atoms with E-state index >= 15 is 0 Å². The highest BCUT2D eigenvalue weighted by molar-refractivity contribution is 9.10. The predicted molar refractivity (Wildman–Crippen MR) is 74.4 cm³/mol. The van der Waals surface area contributed by atoms with Crippen molar-refractivity contribution in [3.63, 3.8) is 0 Å². The summed E-state index contributed by atoms with van der Waals surface area (Å²) < 4.78 is 7.16. The summed E-state index contributed by atoms with van der Waals surface area (Å²) >= 11 is 3.55. The molecule has 0 radical (unpaired) electrons. The van der Waals surface area contributed by atoms with Crippen molar-refractivity contribution in [3.8, 4) is 5.75 Å². The van der Waals surface area contributed by atoms with Gasteiger partial charge in [-0.1, -0.05) is 22.4 Å². The molecule has 0 unspecified atom stereocenters. The van der Waals surface area contributed by atoms with Gasteiger partial charge in [0, 0.05) is 4.47 Å². The van der Waals surface area contributed by atoms with Gasteiger partial charge >= 0.3 is 0 Å². The summed E-state index contributed by atoms with van der Waals surface area (Å²) in [7, 11) is 0. The molecular formula is C14H20BrNO. The Hall–Kier alpha value is -0.540. The summed E-state index contributed by atoms with van der Waals surface area (Å²) in [5, 5.41) is 0. The first-order valence-corrected chi connectivity index (χ1v) is 7.24. The topological polar surface area (TPSA) is 35.2 Å². The van der Waals surface area contributed by atoms with Crippen molar-refractivity contribution in [3.05, 3.63) is 28.2 Å². The first-order valence-electron chi connectivity index (χ1n) is 6.45. The van der Waals surface area contributed by atoms with E-state index in [1.807, 2.05) is 6.07 Å². The molecule has 94 valence electrons. The minimum absolute atomic E-state index is 0.413. The lowest BCUT2D eigenvalue weighted by Gasteiger charge is -2.23. The average molecular weight is 298 g/mol. The summed E-state index contributed by atoms with van der Waals surface area (Å²) in [6, 6.07) is 6.22. The minimum Gasteiger partial charge on any atom is -0.490 e. The number of hydrogen-bond acceptors (Lipinski definition) is 2. The highest BCUT2D eigenvalue weighted by atomic mass is 79.9. The van der Waals surface area contributed by atoms with Gasteiger partial charge in [0.05, 0.1) is 6.10 Å². The Balaban J connectivity index is 2.02. The van der Waals surface area contributed by atoms with Crippen molar-refractivity contribution < 1.29 is 4.74 Å². The number of ether oxygens (including phenoxy) is 1. The Kier molecular flexibility index (Phi) is 4.86. The van der Waals surface area contributed by atoms with E-state index in [-0.39, 0.29) is 0 Å². The smallest absolute Gasteiger partial charge is 0.120 e. The Morgan fingerprint density at radius 2 is 2.00 bits per heavy atom. The van der Waals surface area contributed by atoms with Crippen molar-refractivity contribution in [1.29, 1.82) is 0 Å². The van der Waals surface area contributed by atoms with E-state index in [2.05, 4.69) is 28.1 Å². The lowest BCUT2D eigenvalue weighted by atomic mass is 9.98. The van der Waals surface area contributed by atoms with Crippen molar-refractivity contribution >= 4 is 15.9 Å². The van der Waals surface area contributed by atoms with Crippen LogP contribution in [0.4, 0.5) is 0 Å². The Morgan fingerprint density at radius 3 is 2.71 bits per heavy atom. The lowest BCUT2D eigenvalue weighted by Crippen LogP contribution is -2.19. The van der Waals surface area contributed by atoms with Crippen LogP contribution in [0.2, 0.25) is 0 Å². The number of nitrogens with two attached hydrogens (primary N) is 1. The SMILES string of the molecule is NCCc1cc(OC2CCCCC2)ccc1Br. The van der Waals surface area contributed by atoms with E-state index in [1.165, 1.54) is 37.7 Å². The van der Waals surface area contributed by atoms with Gasteiger partial charge in [-0.15, -0.1) is 0 Å². The molecule has 0 aromatic heterocycles. The van der Waals surface area contributed by atoms with Crippen LogP contribution in [0.5, 0.6) is 5.75 Å². The molecule has 0 bridgehead atoms. The molecule has 2 N–H and O–H groups in total. The van der Waals surface area contributed by atoms with Gasteiger partial charge in [0.2, 0.25) is 0 Å². The highest BCUT2D eigenvalue weighted by Gasteiger charge is 2.15. The quantitative estimate of drug-likeness (QED) is 0.920. The van der Waals surface area contributed by atoms with E-state index in [1.54, 1.807) is 0 Å². The highest BCUT2D eigenvalue weighted by Crippen LogP contribution is 2.27. The fourth-order valence-corrected chi connectivity index (χ4v) is 2.79. The zero-order valence-electron chi connectivity index (χ0n) is 10.1. The standard InChI is InChI=1S/C14H20BrNO/c15-14-7-6-13(10-11(14)8-9-16)17-12-4-2-1-3-5-12/h6-7,10,12H,1-5,8-9,16H2. The van der Waals surface area contributed by atoms with Gasteiger partial charge < -0.3 is 10.5 Å². The lowest BCUT2D eigenvalue weighted by molar-refractivity contribution is 0.155. The second-order valence-corrected chi connectivity index (χ2v) is 5.52. The number of halogens is 1.